The maximum absolute atomic E-state index is 11.8. The van der Waals surface area contributed by atoms with Crippen molar-refractivity contribution in [1.29, 1.82) is 0 Å². The Labute approximate surface area is 198 Å². The maximum atomic E-state index is 11.8. The number of carboxylic acid groups (broad SMARTS) is 1. The summed E-state index contributed by atoms with van der Waals surface area (Å²) < 4.78 is 21.7. The summed E-state index contributed by atoms with van der Waals surface area (Å²) in [6.07, 6.45) is 1.42. The molecule has 3 aromatic rings. The van der Waals surface area contributed by atoms with Crippen molar-refractivity contribution >= 4 is 47.0 Å². The molecule has 0 amide bonds. The van der Waals surface area contributed by atoms with Gasteiger partial charge in [0.1, 0.15) is 10.7 Å². The van der Waals surface area contributed by atoms with Crippen molar-refractivity contribution in [2.45, 2.75) is 12.1 Å². The zero-order valence-corrected chi connectivity index (χ0v) is 19.5. The molecular weight excluding hydrogens is 479 g/mol. The SMILES string of the molecule is CCOc1cc(/C=C(\Sc2nnc(-c3cc(Cl)ccc3OC)o2)C(=O)O)cc(Cl)c1OC. The zero-order chi connectivity index (χ0) is 23.3. The lowest BCUT2D eigenvalue weighted by atomic mass is 10.2. The van der Waals surface area contributed by atoms with Crippen molar-refractivity contribution in [1.82, 2.24) is 10.2 Å². The molecule has 0 aliphatic carbocycles. The number of hydrogen-bond acceptors (Lipinski definition) is 8. The van der Waals surface area contributed by atoms with Gasteiger partial charge in [0, 0.05) is 5.02 Å². The molecule has 0 atom stereocenters. The van der Waals surface area contributed by atoms with E-state index in [1.165, 1.54) is 20.3 Å². The summed E-state index contributed by atoms with van der Waals surface area (Å²) in [4.78, 5) is 11.8. The predicted octanol–water partition coefficient (Wildman–Crippen LogP) is 5.68. The molecule has 0 spiro atoms. The van der Waals surface area contributed by atoms with E-state index in [1.807, 2.05) is 6.92 Å². The second-order valence-electron chi connectivity index (χ2n) is 6.10. The number of nitrogens with zero attached hydrogens (tertiary/aromatic N) is 2. The highest BCUT2D eigenvalue weighted by Gasteiger charge is 2.19. The van der Waals surface area contributed by atoms with E-state index in [0.29, 0.717) is 40.0 Å². The summed E-state index contributed by atoms with van der Waals surface area (Å²) >= 11 is 13.1. The van der Waals surface area contributed by atoms with Gasteiger partial charge in [0.05, 0.1) is 31.4 Å². The molecule has 0 aliphatic heterocycles. The Morgan fingerprint density at radius 1 is 1.16 bits per heavy atom. The van der Waals surface area contributed by atoms with E-state index in [-0.39, 0.29) is 21.0 Å². The zero-order valence-electron chi connectivity index (χ0n) is 17.2. The first-order valence-corrected chi connectivity index (χ1v) is 10.7. The number of aromatic nitrogens is 2. The lowest BCUT2D eigenvalue weighted by Gasteiger charge is -2.12. The molecule has 1 heterocycles. The molecule has 0 aliphatic rings. The molecule has 1 N–H and O–H groups in total. The van der Waals surface area contributed by atoms with Gasteiger partial charge in [0.15, 0.2) is 11.5 Å². The van der Waals surface area contributed by atoms with Gasteiger partial charge in [-0.05, 0) is 60.7 Å². The van der Waals surface area contributed by atoms with Crippen molar-refractivity contribution in [3.8, 4) is 28.7 Å². The van der Waals surface area contributed by atoms with Gasteiger partial charge in [-0.25, -0.2) is 4.79 Å². The lowest BCUT2D eigenvalue weighted by molar-refractivity contribution is -0.131. The van der Waals surface area contributed by atoms with Crippen LogP contribution >= 0.6 is 35.0 Å². The Kier molecular flexibility index (Phi) is 7.89. The number of carboxylic acids is 1. The van der Waals surface area contributed by atoms with Crippen LogP contribution in [0.5, 0.6) is 17.2 Å². The van der Waals surface area contributed by atoms with Gasteiger partial charge < -0.3 is 23.7 Å². The quantitative estimate of drug-likeness (QED) is 0.295. The average molecular weight is 497 g/mol. The van der Waals surface area contributed by atoms with E-state index in [1.54, 1.807) is 30.3 Å². The number of methoxy groups -OCH3 is 2. The highest BCUT2D eigenvalue weighted by Crippen LogP contribution is 2.38. The number of thioether (sulfide) groups is 1. The van der Waals surface area contributed by atoms with Crippen molar-refractivity contribution in [3.63, 3.8) is 0 Å². The highest BCUT2D eigenvalue weighted by molar-refractivity contribution is 8.03. The first-order chi connectivity index (χ1) is 15.4. The largest absolute Gasteiger partial charge is 0.496 e. The molecule has 1 aromatic heterocycles. The van der Waals surface area contributed by atoms with Gasteiger partial charge in [-0.3, -0.25) is 0 Å². The van der Waals surface area contributed by atoms with Crippen LogP contribution in [0, 0.1) is 0 Å². The third-order valence-corrected chi connectivity index (χ3v) is 5.41. The van der Waals surface area contributed by atoms with Crippen LogP contribution in [-0.2, 0) is 4.79 Å². The molecule has 0 bridgehead atoms. The number of benzene rings is 2. The van der Waals surface area contributed by atoms with Gasteiger partial charge in [-0.2, -0.15) is 0 Å². The topological polar surface area (TPSA) is 104 Å². The Morgan fingerprint density at radius 3 is 2.59 bits per heavy atom. The Hall–Kier alpha value is -2.88. The normalized spacial score (nSPS) is 11.3. The summed E-state index contributed by atoms with van der Waals surface area (Å²) in [5, 5.41) is 18.4. The van der Waals surface area contributed by atoms with Crippen molar-refractivity contribution in [3.05, 3.63) is 50.8 Å². The third kappa shape index (κ3) is 5.48. The summed E-state index contributed by atoms with van der Waals surface area (Å²) in [7, 11) is 2.97. The van der Waals surface area contributed by atoms with Crippen LogP contribution in [0.1, 0.15) is 12.5 Å². The average Bonchev–Trinajstić information content (AvgIpc) is 3.22. The van der Waals surface area contributed by atoms with Crippen LogP contribution in [0.2, 0.25) is 10.0 Å². The number of halogens is 2. The minimum absolute atomic E-state index is 0.0281. The molecule has 0 unspecified atom stereocenters. The minimum Gasteiger partial charge on any atom is -0.496 e. The fourth-order valence-electron chi connectivity index (χ4n) is 2.72. The van der Waals surface area contributed by atoms with Crippen molar-refractivity contribution in [2.24, 2.45) is 0 Å². The van der Waals surface area contributed by atoms with E-state index in [2.05, 4.69) is 10.2 Å². The van der Waals surface area contributed by atoms with E-state index < -0.39 is 5.97 Å². The fraction of sp³-hybridized carbons (Fsp3) is 0.190. The smallest absolute Gasteiger partial charge is 0.342 e. The Morgan fingerprint density at radius 2 is 1.94 bits per heavy atom. The summed E-state index contributed by atoms with van der Waals surface area (Å²) in [5.74, 6) is 0.214. The lowest BCUT2D eigenvalue weighted by Crippen LogP contribution is -1.99. The van der Waals surface area contributed by atoms with E-state index in [9.17, 15) is 9.90 Å². The van der Waals surface area contributed by atoms with Crippen LogP contribution in [0.4, 0.5) is 0 Å². The number of hydrogen-bond donors (Lipinski definition) is 1. The van der Waals surface area contributed by atoms with Crippen LogP contribution in [0.15, 0.2) is 44.9 Å². The molecule has 0 saturated carbocycles. The second-order valence-corrected chi connectivity index (χ2v) is 7.94. The maximum Gasteiger partial charge on any atom is 0.342 e. The van der Waals surface area contributed by atoms with Crippen LogP contribution in [0.3, 0.4) is 0 Å². The summed E-state index contributed by atoms with van der Waals surface area (Å²) in [6.45, 7) is 2.20. The Balaban J connectivity index is 1.93. The standard InChI is InChI=1S/C21H18Cl2N2O6S/c1-4-30-16-8-11(7-14(23)18(16)29-3)9-17(20(26)27)32-21-25-24-19(31-21)13-10-12(22)5-6-15(13)28-2/h5-10H,4H2,1-3H3,(H,26,27)/b17-9-. The summed E-state index contributed by atoms with van der Waals surface area (Å²) in [6, 6.07) is 8.15. The van der Waals surface area contributed by atoms with Crippen LogP contribution < -0.4 is 14.2 Å². The number of rotatable bonds is 9. The third-order valence-electron chi connectivity index (χ3n) is 4.04. The van der Waals surface area contributed by atoms with E-state index in [4.69, 9.17) is 41.8 Å². The number of aliphatic carboxylic acids is 1. The first-order valence-electron chi connectivity index (χ1n) is 9.16. The summed E-state index contributed by atoms with van der Waals surface area (Å²) in [5.41, 5.74) is 0.990. The molecule has 0 saturated heterocycles. The number of carbonyl (C=O) groups is 1. The Bertz CT molecular complexity index is 1170. The van der Waals surface area contributed by atoms with E-state index >= 15 is 0 Å². The van der Waals surface area contributed by atoms with Crippen LogP contribution in [-0.4, -0.2) is 42.1 Å². The molecular formula is C21H18Cl2N2O6S. The van der Waals surface area contributed by atoms with Gasteiger partial charge in [0.2, 0.25) is 0 Å². The monoisotopic (exact) mass is 496 g/mol. The fourth-order valence-corrected chi connectivity index (χ4v) is 3.86. The van der Waals surface area contributed by atoms with E-state index in [0.717, 1.165) is 11.8 Å². The molecule has 0 fully saturated rings. The predicted molar refractivity (Wildman–Crippen MR) is 122 cm³/mol. The van der Waals surface area contributed by atoms with Gasteiger partial charge in [-0.15, -0.1) is 10.2 Å². The highest BCUT2D eigenvalue weighted by atomic mass is 35.5. The van der Waals surface area contributed by atoms with Gasteiger partial charge in [0.25, 0.3) is 11.1 Å². The first kappa shape index (κ1) is 23.8. The molecule has 8 nitrogen and oxygen atoms in total. The van der Waals surface area contributed by atoms with Gasteiger partial charge in [-0.1, -0.05) is 23.2 Å². The molecule has 0 radical (unpaired) electrons. The molecule has 2 aromatic carbocycles. The van der Waals surface area contributed by atoms with Crippen LogP contribution in [0.25, 0.3) is 17.5 Å². The number of ether oxygens (including phenoxy) is 3. The van der Waals surface area contributed by atoms with Gasteiger partial charge >= 0.3 is 5.97 Å². The second kappa shape index (κ2) is 10.6. The van der Waals surface area contributed by atoms with Crippen molar-refractivity contribution < 1.29 is 28.5 Å². The molecule has 32 heavy (non-hydrogen) atoms. The minimum atomic E-state index is -1.18. The molecule has 168 valence electrons. The molecule has 11 heteroatoms. The van der Waals surface area contributed by atoms with Crippen molar-refractivity contribution in [2.75, 3.05) is 20.8 Å². The molecule has 3 rings (SSSR count).